The van der Waals surface area contributed by atoms with Gasteiger partial charge in [0.15, 0.2) is 0 Å². The lowest BCUT2D eigenvalue weighted by Gasteiger charge is -2.61. The lowest BCUT2D eigenvalue weighted by molar-refractivity contribution is -0.0399. The molecule has 0 unspecified atom stereocenters. The molecular weight excluding hydrogens is 567 g/mol. The van der Waals surface area contributed by atoms with Gasteiger partial charge in [0.1, 0.15) is 0 Å². The summed E-state index contributed by atoms with van der Waals surface area (Å²) in [5, 5.41) is 0. The zero-order valence-electron chi connectivity index (χ0n) is 26.7. The summed E-state index contributed by atoms with van der Waals surface area (Å²) in [6, 6.07) is 56.6. The fourth-order valence-electron chi connectivity index (χ4n) is 10.6. The molecule has 0 heterocycles. The summed E-state index contributed by atoms with van der Waals surface area (Å²) in [4.78, 5) is 2.48. The van der Waals surface area contributed by atoms with Crippen molar-refractivity contribution >= 4 is 17.1 Å². The van der Waals surface area contributed by atoms with Crippen LogP contribution in [0.15, 0.2) is 152 Å². The van der Waals surface area contributed by atoms with Crippen molar-refractivity contribution in [2.75, 3.05) is 4.90 Å². The fourth-order valence-corrected chi connectivity index (χ4v) is 10.6. The first-order chi connectivity index (χ1) is 23.3. The van der Waals surface area contributed by atoms with Gasteiger partial charge in [0, 0.05) is 22.5 Å². The van der Waals surface area contributed by atoms with Crippen molar-refractivity contribution in [3.05, 3.63) is 163 Å². The number of rotatable bonds is 5. The standard InChI is InChI=1S/C46H39N/c1-3-9-33(10-4-1)35-15-19-39(20-16-35)47(40-21-17-36(18-22-40)34-11-5-2-6-12-34)41-23-24-43-42-13-7-8-14-44(42)46(45(43)30-41)37-26-31-25-32(28-37)29-38(46)27-31/h1-24,30-32,37-38H,25-29H2. The van der Waals surface area contributed by atoms with Crippen molar-refractivity contribution in [1.82, 2.24) is 0 Å². The van der Waals surface area contributed by atoms with Gasteiger partial charge >= 0.3 is 0 Å². The van der Waals surface area contributed by atoms with Crippen LogP contribution in [0, 0.1) is 23.7 Å². The summed E-state index contributed by atoms with van der Waals surface area (Å²) in [7, 11) is 0. The van der Waals surface area contributed by atoms with Crippen LogP contribution < -0.4 is 4.90 Å². The molecule has 4 bridgehead atoms. The zero-order valence-corrected chi connectivity index (χ0v) is 26.7. The molecule has 5 aliphatic rings. The molecule has 5 aliphatic carbocycles. The Bertz CT molecular complexity index is 1960. The van der Waals surface area contributed by atoms with Crippen LogP contribution in [0.5, 0.6) is 0 Å². The van der Waals surface area contributed by atoms with E-state index in [1.165, 1.54) is 82.5 Å². The Morgan fingerprint density at radius 3 is 1.38 bits per heavy atom. The smallest absolute Gasteiger partial charge is 0.0465 e. The largest absolute Gasteiger partial charge is 0.310 e. The van der Waals surface area contributed by atoms with Crippen molar-refractivity contribution < 1.29 is 0 Å². The molecule has 0 radical (unpaired) electrons. The first-order valence-corrected chi connectivity index (χ1v) is 17.6. The van der Waals surface area contributed by atoms with E-state index < -0.39 is 0 Å². The average Bonchev–Trinajstić information content (AvgIpc) is 3.42. The highest BCUT2D eigenvalue weighted by Gasteiger charge is 2.61. The topological polar surface area (TPSA) is 3.24 Å². The minimum atomic E-state index is 0.148. The van der Waals surface area contributed by atoms with Crippen LogP contribution in [0.25, 0.3) is 33.4 Å². The Kier molecular flexibility index (Phi) is 6.13. The van der Waals surface area contributed by atoms with E-state index in [1.54, 1.807) is 11.1 Å². The van der Waals surface area contributed by atoms with Gasteiger partial charge in [0.05, 0.1) is 0 Å². The Morgan fingerprint density at radius 2 is 0.830 bits per heavy atom. The third-order valence-corrected chi connectivity index (χ3v) is 12.3. The van der Waals surface area contributed by atoms with E-state index in [2.05, 4.69) is 157 Å². The molecule has 6 aromatic rings. The van der Waals surface area contributed by atoms with Crippen LogP contribution in [0.1, 0.15) is 43.2 Å². The van der Waals surface area contributed by atoms with Crippen molar-refractivity contribution in [3.63, 3.8) is 0 Å². The van der Waals surface area contributed by atoms with E-state index in [0.717, 1.165) is 23.7 Å². The number of nitrogens with zero attached hydrogens (tertiary/aromatic N) is 1. The van der Waals surface area contributed by atoms with E-state index in [-0.39, 0.29) is 5.41 Å². The number of anilines is 3. The lowest BCUT2D eigenvalue weighted by atomic mass is 9.43. The molecule has 47 heavy (non-hydrogen) atoms. The SMILES string of the molecule is c1ccc(-c2ccc(N(c3ccc(-c4ccccc4)cc3)c3ccc4c(c3)C3(c5ccccc5-4)C4CC5CC(C4)CC3C5)cc2)cc1. The molecule has 4 saturated carbocycles. The average molecular weight is 606 g/mol. The van der Waals surface area contributed by atoms with Crippen LogP contribution in [-0.2, 0) is 5.41 Å². The molecule has 0 aromatic heterocycles. The summed E-state index contributed by atoms with van der Waals surface area (Å²) in [6.45, 7) is 0. The summed E-state index contributed by atoms with van der Waals surface area (Å²) in [5.74, 6) is 3.37. The van der Waals surface area contributed by atoms with Gasteiger partial charge in [-0.2, -0.15) is 0 Å². The van der Waals surface area contributed by atoms with Crippen LogP contribution in [0.3, 0.4) is 0 Å². The second kappa shape index (κ2) is 10.6. The van der Waals surface area contributed by atoms with Crippen LogP contribution in [0.4, 0.5) is 17.1 Å². The van der Waals surface area contributed by atoms with Crippen molar-refractivity contribution in [3.8, 4) is 33.4 Å². The third kappa shape index (κ3) is 4.15. The summed E-state index contributed by atoms with van der Waals surface area (Å²) < 4.78 is 0. The molecule has 1 nitrogen and oxygen atoms in total. The summed E-state index contributed by atoms with van der Waals surface area (Å²) >= 11 is 0. The van der Waals surface area contributed by atoms with Gasteiger partial charge in [-0.25, -0.2) is 0 Å². The predicted octanol–water partition coefficient (Wildman–Crippen LogP) is 12.2. The Labute approximate surface area is 278 Å². The highest BCUT2D eigenvalue weighted by Crippen LogP contribution is 2.69. The minimum Gasteiger partial charge on any atom is -0.310 e. The van der Waals surface area contributed by atoms with Gasteiger partial charge < -0.3 is 4.90 Å². The van der Waals surface area contributed by atoms with Gasteiger partial charge in [0.2, 0.25) is 0 Å². The van der Waals surface area contributed by atoms with Gasteiger partial charge in [0.25, 0.3) is 0 Å². The second-order valence-corrected chi connectivity index (χ2v) is 14.6. The van der Waals surface area contributed by atoms with Crippen molar-refractivity contribution in [2.24, 2.45) is 23.7 Å². The maximum absolute atomic E-state index is 2.60. The molecule has 0 atom stereocenters. The highest BCUT2D eigenvalue weighted by molar-refractivity contribution is 5.87. The maximum Gasteiger partial charge on any atom is 0.0465 e. The lowest BCUT2D eigenvalue weighted by Crippen LogP contribution is -2.55. The number of hydrogen-bond acceptors (Lipinski definition) is 1. The van der Waals surface area contributed by atoms with E-state index in [1.807, 2.05) is 0 Å². The molecule has 0 amide bonds. The monoisotopic (exact) mass is 605 g/mol. The van der Waals surface area contributed by atoms with Crippen LogP contribution in [0.2, 0.25) is 0 Å². The molecule has 4 fully saturated rings. The Balaban J connectivity index is 1.13. The van der Waals surface area contributed by atoms with E-state index in [9.17, 15) is 0 Å². The highest BCUT2D eigenvalue weighted by atomic mass is 15.1. The van der Waals surface area contributed by atoms with E-state index in [0.29, 0.717) is 0 Å². The number of hydrogen-bond donors (Lipinski definition) is 0. The van der Waals surface area contributed by atoms with Gasteiger partial charge in [-0.05, 0) is 137 Å². The van der Waals surface area contributed by atoms with E-state index in [4.69, 9.17) is 0 Å². The molecule has 11 rings (SSSR count). The fraction of sp³-hybridized carbons (Fsp3) is 0.217. The Morgan fingerprint density at radius 1 is 0.383 bits per heavy atom. The summed E-state index contributed by atoms with van der Waals surface area (Å²) in [6.07, 6.45) is 7.07. The molecule has 0 aliphatic heterocycles. The zero-order chi connectivity index (χ0) is 31.0. The molecule has 1 spiro atoms. The minimum absolute atomic E-state index is 0.148. The Hall–Kier alpha value is -4.88. The third-order valence-electron chi connectivity index (χ3n) is 12.3. The first kappa shape index (κ1) is 27.3. The van der Waals surface area contributed by atoms with Crippen molar-refractivity contribution in [1.29, 1.82) is 0 Å². The molecule has 0 N–H and O–H groups in total. The van der Waals surface area contributed by atoms with Gasteiger partial charge in [-0.15, -0.1) is 0 Å². The second-order valence-electron chi connectivity index (χ2n) is 14.6. The number of fused-ring (bicyclic) bond motifs is 3. The first-order valence-electron chi connectivity index (χ1n) is 17.6. The molecular formula is C46H39N. The molecule has 1 heteroatoms. The molecule has 228 valence electrons. The number of benzene rings is 6. The molecule has 0 saturated heterocycles. The van der Waals surface area contributed by atoms with Gasteiger partial charge in [-0.3, -0.25) is 0 Å². The van der Waals surface area contributed by atoms with Gasteiger partial charge in [-0.1, -0.05) is 115 Å². The molecule has 6 aromatic carbocycles. The summed E-state index contributed by atoms with van der Waals surface area (Å²) in [5.41, 5.74) is 14.9. The predicted molar refractivity (Wildman–Crippen MR) is 195 cm³/mol. The van der Waals surface area contributed by atoms with E-state index >= 15 is 0 Å². The van der Waals surface area contributed by atoms with Crippen LogP contribution in [-0.4, -0.2) is 0 Å². The van der Waals surface area contributed by atoms with Crippen molar-refractivity contribution in [2.45, 2.75) is 37.5 Å². The normalized spacial score (nSPS) is 24.7. The quantitative estimate of drug-likeness (QED) is 0.189. The van der Waals surface area contributed by atoms with Crippen LogP contribution >= 0.6 is 0 Å². The maximum atomic E-state index is 2.60.